The van der Waals surface area contributed by atoms with E-state index in [4.69, 9.17) is 5.73 Å². The van der Waals surface area contributed by atoms with Crippen LogP contribution in [0.1, 0.15) is 27.7 Å². The smallest absolute Gasteiger partial charge is 0.0593 e. The molecule has 2 aromatic heterocycles. The van der Waals surface area contributed by atoms with Gasteiger partial charge < -0.3 is 5.73 Å². The van der Waals surface area contributed by atoms with E-state index in [1.54, 1.807) is 11.3 Å². The van der Waals surface area contributed by atoms with Crippen LogP contribution in [0.5, 0.6) is 0 Å². The van der Waals surface area contributed by atoms with Gasteiger partial charge in [-0.25, -0.2) is 0 Å². The number of hydrogen-bond donors (Lipinski definition) is 1. The molecule has 15 heavy (non-hydrogen) atoms. The number of thiophene rings is 1. The first kappa shape index (κ1) is 10.4. The Balaban J connectivity index is 2.36. The summed E-state index contributed by atoms with van der Waals surface area (Å²) in [6.07, 6.45) is 1.85. The van der Waals surface area contributed by atoms with E-state index in [2.05, 4.69) is 23.5 Å². The van der Waals surface area contributed by atoms with Crippen LogP contribution in [0, 0.1) is 13.8 Å². The molecule has 2 heterocycles. The molecule has 1 unspecified atom stereocenters. The van der Waals surface area contributed by atoms with E-state index < -0.39 is 0 Å². The van der Waals surface area contributed by atoms with Crippen LogP contribution in [-0.4, -0.2) is 9.78 Å². The van der Waals surface area contributed by atoms with Gasteiger partial charge in [0, 0.05) is 23.2 Å². The van der Waals surface area contributed by atoms with Crippen molar-refractivity contribution in [3.8, 4) is 0 Å². The van der Waals surface area contributed by atoms with Crippen molar-refractivity contribution in [2.45, 2.75) is 19.9 Å². The predicted octanol–water partition coefficient (Wildman–Crippen LogP) is 2.15. The Hall–Kier alpha value is -1.13. The van der Waals surface area contributed by atoms with Gasteiger partial charge in [0.25, 0.3) is 0 Å². The maximum atomic E-state index is 6.20. The molecule has 0 bridgehead atoms. The maximum absolute atomic E-state index is 6.20. The zero-order valence-corrected chi connectivity index (χ0v) is 10.0. The molecule has 3 nitrogen and oxygen atoms in total. The standard InChI is InChI=1S/C11H15N3S/c1-7-4-9(6-15-7)11(12)10-5-13-14(3)8(10)2/h4-6,11H,12H2,1-3H3. The van der Waals surface area contributed by atoms with Crippen molar-refractivity contribution in [3.63, 3.8) is 0 Å². The van der Waals surface area contributed by atoms with E-state index in [-0.39, 0.29) is 6.04 Å². The van der Waals surface area contributed by atoms with Gasteiger partial charge in [0.1, 0.15) is 0 Å². The Kier molecular flexibility index (Phi) is 2.63. The topological polar surface area (TPSA) is 43.8 Å². The van der Waals surface area contributed by atoms with Crippen LogP contribution in [-0.2, 0) is 7.05 Å². The van der Waals surface area contributed by atoms with Crippen molar-refractivity contribution in [3.05, 3.63) is 39.3 Å². The lowest BCUT2D eigenvalue weighted by Crippen LogP contribution is -2.11. The molecule has 4 heteroatoms. The van der Waals surface area contributed by atoms with Crippen molar-refractivity contribution in [2.24, 2.45) is 12.8 Å². The van der Waals surface area contributed by atoms with E-state index in [0.29, 0.717) is 0 Å². The minimum Gasteiger partial charge on any atom is -0.320 e. The summed E-state index contributed by atoms with van der Waals surface area (Å²) in [5.74, 6) is 0. The molecule has 2 N–H and O–H groups in total. The van der Waals surface area contributed by atoms with Gasteiger partial charge in [-0.2, -0.15) is 5.10 Å². The summed E-state index contributed by atoms with van der Waals surface area (Å²) in [6, 6.07) is 2.09. The van der Waals surface area contributed by atoms with Crippen LogP contribution in [0.3, 0.4) is 0 Å². The highest BCUT2D eigenvalue weighted by Gasteiger charge is 2.15. The minimum atomic E-state index is -0.0522. The molecule has 80 valence electrons. The lowest BCUT2D eigenvalue weighted by molar-refractivity contribution is 0.734. The van der Waals surface area contributed by atoms with E-state index in [0.717, 1.165) is 11.3 Å². The third-order valence-electron chi connectivity index (χ3n) is 2.72. The minimum absolute atomic E-state index is 0.0522. The average Bonchev–Trinajstić information content (AvgIpc) is 2.75. The molecule has 0 amide bonds. The van der Waals surface area contributed by atoms with Crippen LogP contribution in [0.15, 0.2) is 17.6 Å². The van der Waals surface area contributed by atoms with Gasteiger partial charge in [0.2, 0.25) is 0 Å². The third kappa shape index (κ3) is 1.82. The molecule has 2 aromatic rings. The molecule has 0 radical (unpaired) electrons. The van der Waals surface area contributed by atoms with E-state index in [9.17, 15) is 0 Å². The largest absolute Gasteiger partial charge is 0.320 e. The summed E-state index contributed by atoms with van der Waals surface area (Å²) >= 11 is 1.73. The monoisotopic (exact) mass is 221 g/mol. The molecule has 0 spiro atoms. The zero-order valence-electron chi connectivity index (χ0n) is 9.19. The third-order valence-corrected chi connectivity index (χ3v) is 3.60. The second kappa shape index (κ2) is 3.79. The molecular weight excluding hydrogens is 206 g/mol. The van der Waals surface area contributed by atoms with Crippen molar-refractivity contribution in [1.82, 2.24) is 9.78 Å². The molecular formula is C11H15N3S. The molecule has 0 aliphatic heterocycles. The van der Waals surface area contributed by atoms with Crippen molar-refractivity contribution in [2.75, 3.05) is 0 Å². The zero-order chi connectivity index (χ0) is 11.0. The number of rotatable bonds is 2. The van der Waals surface area contributed by atoms with Gasteiger partial charge >= 0.3 is 0 Å². The first-order valence-corrected chi connectivity index (χ1v) is 5.76. The van der Waals surface area contributed by atoms with Crippen LogP contribution in [0.25, 0.3) is 0 Å². The number of hydrogen-bond acceptors (Lipinski definition) is 3. The van der Waals surface area contributed by atoms with E-state index in [1.807, 2.05) is 24.9 Å². The van der Waals surface area contributed by atoms with E-state index in [1.165, 1.54) is 10.4 Å². The Morgan fingerprint density at radius 3 is 2.67 bits per heavy atom. The first-order chi connectivity index (χ1) is 7.09. The average molecular weight is 221 g/mol. The SMILES string of the molecule is Cc1cc(C(N)c2cnn(C)c2C)cs1. The summed E-state index contributed by atoms with van der Waals surface area (Å²) in [6.45, 7) is 4.14. The highest BCUT2D eigenvalue weighted by Crippen LogP contribution is 2.25. The normalized spacial score (nSPS) is 13.1. The van der Waals surface area contributed by atoms with Crippen LogP contribution >= 0.6 is 11.3 Å². The molecule has 2 rings (SSSR count). The number of nitrogens with zero attached hydrogens (tertiary/aromatic N) is 2. The lowest BCUT2D eigenvalue weighted by atomic mass is 10.0. The van der Waals surface area contributed by atoms with Crippen molar-refractivity contribution >= 4 is 11.3 Å². The van der Waals surface area contributed by atoms with Gasteiger partial charge in [-0.05, 0) is 30.9 Å². The van der Waals surface area contributed by atoms with Crippen molar-refractivity contribution < 1.29 is 0 Å². The Morgan fingerprint density at radius 1 is 1.47 bits per heavy atom. The summed E-state index contributed by atoms with van der Waals surface area (Å²) in [5, 5.41) is 6.33. The summed E-state index contributed by atoms with van der Waals surface area (Å²) < 4.78 is 1.86. The second-order valence-electron chi connectivity index (χ2n) is 3.78. The van der Waals surface area contributed by atoms with Gasteiger partial charge in [0.05, 0.1) is 12.2 Å². The van der Waals surface area contributed by atoms with Crippen LogP contribution in [0.4, 0.5) is 0 Å². The molecule has 0 saturated heterocycles. The molecule has 0 aliphatic carbocycles. The van der Waals surface area contributed by atoms with E-state index >= 15 is 0 Å². The van der Waals surface area contributed by atoms with Gasteiger partial charge in [-0.15, -0.1) is 11.3 Å². The van der Waals surface area contributed by atoms with Gasteiger partial charge in [0.15, 0.2) is 0 Å². The molecule has 0 aliphatic rings. The molecule has 1 atom stereocenters. The quantitative estimate of drug-likeness (QED) is 0.844. The summed E-state index contributed by atoms with van der Waals surface area (Å²) in [5.41, 5.74) is 9.61. The Labute approximate surface area is 93.5 Å². The van der Waals surface area contributed by atoms with Crippen LogP contribution in [0.2, 0.25) is 0 Å². The highest BCUT2D eigenvalue weighted by atomic mass is 32.1. The van der Waals surface area contributed by atoms with Crippen LogP contribution < -0.4 is 5.73 Å². The molecule has 0 saturated carbocycles. The number of aryl methyl sites for hydroxylation is 2. The number of aromatic nitrogens is 2. The predicted molar refractivity (Wildman–Crippen MR) is 63.0 cm³/mol. The fraction of sp³-hybridized carbons (Fsp3) is 0.364. The fourth-order valence-corrected chi connectivity index (χ4v) is 2.37. The highest BCUT2D eigenvalue weighted by molar-refractivity contribution is 7.10. The van der Waals surface area contributed by atoms with Gasteiger partial charge in [-0.3, -0.25) is 4.68 Å². The molecule has 0 fully saturated rings. The Morgan fingerprint density at radius 2 is 2.20 bits per heavy atom. The maximum Gasteiger partial charge on any atom is 0.0593 e. The van der Waals surface area contributed by atoms with Gasteiger partial charge in [-0.1, -0.05) is 0 Å². The molecule has 0 aromatic carbocycles. The second-order valence-corrected chi connectivity index (χ2v) is 4.89. The summed E-state index contributed by atoms with van der Waals surface area (Å²) in [7, 11) is 1.93. The van der Waals surface area contributed by atoms with Crippen molar-refractivity contribution in [1.29, 1.82) is 0 Å². The summed E-state index contributed by atoms with van der Waals surface area (Å²) in [4.78, 5) is 1.29. The fourth-order valence-electron chi connectivity index (χ4n) is 1.63. The lowest BCUT2D eigenvalue weighted by Gasteiger charge is -2.09. The Bertz CT molecular complexity index is 470. The first-order valence-electron chi connectivity index (χ1n) is 4.88. The number of nitrogens with two attached hydrogens (primary N) is 1.